The van der Waals surface area contributed by atoms with Crippen LogP contribution < -0.4 is 0 Å². The monoisotopic (exact) mass is 125 g/mol. The van der Waals surface area contributed by atoms with Crippen molar-refractivity contribution in [2.75, 3.05) is 13.6 Å². The fourth-order valence-corrected chi connectivity index (χ4v) is 1.03. The molecule has 0 radical (unpaired) electrons. The summed E-state index contributed by atoms with van der Waals surface area (Å²) in [6, 6.07) is 0. The highest BCUT2D eigenvalue weighted by molar-refractivity contribution is 5.73. The van der Waals surface area contributed by atoms with E-state index in [0.29, 0.717) is 0 Å². The second-order valence-corrected chi connectivity index (χ2v) is 2.41. The van der Waals surface area contributed by atoms with Crippen molar-refractivity contribution in [1.29, 1.82) is 0 Å². The molecule has 2 nitrogen and oxygen atoms in total. The van der Waals surface area contributed by atoms with Gasteiger partial charge in [-0.15, -0.1) is 0 Å². The highest BCUT2D eigenvalue weighted by atomic mass is 16.1. The molecular weight excluding hydrogens is 114 g/mol. The van der Waals surface area contributed by atoms with Gasteiger partial charge in [-0.2, -0.15) is 0 Å². The molecule has 0 spiro atoms. The van der Waals surface area contributed by atoms with Gasteiger partial charge in [0.2, 0.25) is 0 Å². The molecule has 50 valence electrons. The van der Waals surface area contributed by atoms with Gasteiger partial charge in [-0.05, 0) is 12.8 Å². The SMILES string of the molecule is CN1C=C(C=O)CCC1. The van der Waals surface area contributed by atoms with E-state index in [-0.39, 0.29) is 0 Å². The van der Waals surface area contributed by atoms with Gasteiger partial charge < -0.3 is 4.90 Å². The van der Waals surface area contributed by atoms with Crippen LogP contribution >= 0.6 is 0 Å². The van der Waals surface area contributed by atoms with Crippen LogP contribution in [0.4, 0.5) is 0 Å². The Kier molecular flexibility index (Phi) is 1.88. The maximum atomic E-state index is 10.2. The molecule has 0 N–H and O–H groups in total. The smallest absolute Gasteiger partial charge is 0.147 e. The van der Waals surface area contributed by atoms with Crippen molar-refractivity contribution in [3.8, 4) is 0 Å². The summed E-state index contributed by atoms with van der Waals surface area (Å²) < 4.78 is 0. The molecule has 0 fully saturated rings. The molecule has 0 aliphatic carbocycles. The minimum atomic E-state index is 0.920. The van der Waals surface area contributed by atoms with Crippen molar-refractivity contribution >= 4 is 6.29 Å². The summed E-state index contributed by atoms with van der Waals surface area (Å²) in [7, 11) is 1.99. The molecule has 9 heavy (non-hydrogen) atoms. The molecule has 1 aliphatic heterocycles. The number of nitrogens with zero attached hydrogens (tertiary/aromatic N) is 1. The predicted molar refractivity (Wildman–Crippen MR) is 36.0 cm³/mol. The zero-order chi connectivity index (χ0) is 6.69. The first-order valence-corrected chi connectivity index (χ1v) is 3.19. The average Bonchev–Trinajstić information content (AvgIpc) is 1.88. The van der Waals surface area contributed by atoms with E-state index in [1.807, 2.05) is 18.1 Å². The largest absolute Gasteiger partial charge is 0.380 e. The Balaban J connectivity index is 2.59. The van der Waals surface area contributed by atoms with Crippen molar-refractivity contribution in [3.05, 3.63) is 11.8 Å². The summed E-state index contributed by atoms with van der Waals surface area (Å²) in [4.78, 5) is 12.3. The van der Waals surface area contributed by atoms with Crippen molar-refractivity contribution in [3.63, 3.8) is 0 Å². The van der Waals surface area contributed by atoms with E-state index in [1.54, 1.807) is 0 Å². The van der Waals surface area contributed by atoms with Gasteiger partial charge in [-0.25, -0.2) is 0 Å². The molecule has 0 bridgehead atoms. The van der Waals surface area contributed by atoms with Crippen molar-refractivity contribution < 1.29 is 4.79 Å². The van der Waals surface area contributed by atoms with Crippen molar-refractivity contribution in [2.24, 2.45) is 0 Å². The molecule has 0 amide bonds. The molecule has 1 heterocycles. The highest BCUT2D eigenvalue weighted by Crippen LogP contribution is 2.09. The molecule has 0 saturated heterocycles. The van der Waals surface area contributed by atoms with Crippen LogP contribution in [0.25, 0.3) is 0 Å². The Bertz CT molecular complexity index is 140. The molecule has 0 saturated carbocycles. The fraction of sp³-hybridized carbons (Fsp3) is 0.571. The predicted octanol–water partition coefficient (Wildman–Crippen LogP) is 0.795. The average molecular weight is 125 g/mol. The van der Waals surface area contributed by atoms with Crippen LogP contribution in [-0.4, -0.2) is 24.8 Å². The first-order chi connectivity index (χ1) is 4.33. The van der Waals surface area contributed by atoms with E-state index in [2.05, 4.69) is 0 Å². The minimum absolute atomic E-state index is 0.920. The molecule has 0 aromatic carbocycles. The van der Waals surface area contributed by atoms with Crippen LogP contribution in [0, 0.1) is 0 Å². The van der Waals surface area contributed by atoms with E-state index in [4.69, 9.17) is 0 Å². The third-order valence-electron chi connectivity index (χ3n) is 1.51. The second-order valence-electron chi connectivity index (χ2n) is 2.41. The molecule has 0 aromatic heterocycles. The van der Waals surface area contributed by atoms with Gasteiger partial charge in [0.25, 0.3) is 0 Å². The summed E-state index contributed by atoms with van der Waals surface area (Å²) in [6.07, 6.45) is 4.92. The summed E-state index contributed by atoms with van der Waals surface area (Å²) in [5, 5.41) is 0. The van der Waals surface area contributed by atoms with Gasteiger partial charge in [-0.3, -0.25) is 4.79 Å². The Labute approximate surface area is 55.2 Å². The van der Waals surface area contributed by atoms with Crippen LogP contribution in [0.15, 0.2) is 11.8 Å². The number of aldehydes is 1. The Morgan fingerprint density at radius 1 is 1.78 bits per heavy atom. The molecule has 1 rings (SSSR count). The number of allylic oxidation sites excluding steroid dienone is 1. The van der Waals surface area contributed by atoms with E-state index >= 15 is 0 Å². The number of carbonyl (C=O) groups is 1. The lowest BCUT2D eigenvalue weighted by Crippen LogP contribution is -2.17. The standard InChI is InChI=1S/C7H11NO/c1-8-4-2-3-7(5-8)6-9/h5-6H,2-4H2,1H3. The van der Waals surface area contributed by atoms with Gasteiger partial charge in [0.05, 0.1) is 0 Å². The molecule has 0 aromatic rings. The summed E-state index contributed by atoms with van der Waals surface area (Å²) in [6.45, 7) is 1.08. The Morgan fingerprint density at radius 3 is 3.00 bits per heavy atom. The van der Waals surface area contributed by atoms with Crippen LogP contribution in [0.2, 0.25) is 0 Å². The van der Waals surface area contributed by atoms with E-state index in [0.717, 1.165) is 31.2 Å². The topological polar surface area (TPSA) is 20.3 Å². The normalized spacial score (nSPS) is 19.2. The quantitative estimate of drug-likeness (QED) is 0.483. The third-order valence-corrected chi connectivity index (χ3v) is 1.51. The van der Waals surface area contributed by atoms with Crippen LogP contribution in [0.1, 0.15) is 12.8 Å². The van der Waals surface area contributed by atoms with Gasteiger partial charge in [0, 0.05) is 25.4 Å². The zero-order valence-electron chi connectivity index (χ0n) is 5.63. The maximum absolute atomic E-state index is 10.2. The Hall–Kier alpha value is -0.790. The molecule has 0 atom stereocenters. The van der Waals surface area contributed by atoms with Gasteiger partial charge in [0.1, 0.15) is 6.29 Å². The first kappa shape index (κ1) is 6.33. The second kappa shape index (κ2) is 2.67. The van der Waals surface area contributed by atoms with E-state index in [1.165, 1.54) is 0 Å². The minimum Gasteiger partial charge on any atom is -0.380 e. The van der Waals surface area contributed by atoms with E-state index < -0.39 is 0 Å². The lowest BCUT2D eigenvalue weighted by Gasteiger charge is -2.19. The number of hydrogen-bond donors (Lipinski definition) is 0. The molecule has 2 heteroatoms. The fourth-order valence-electron chi connectivity index (χ4n) is 1.03. The highest BCUT2D eigenvalue weighted by Gasteiger charge is 2.04. The Morgan fingerprint density at radius 2 is 2.56 bits per heavy atom. The van der Waals surface area contributed by atoms with Gasteiger partial charge >= 0.3 is 0 Å². The summed E-state index contributed by atoms with van der Waals surface area (Å²) in [5.74, 6) is 0. The van der Waals surface area contributed by atoms with E-state index in [9.17, 15) is 4.79 Å². The maximum Gasteiger partial charge on any atom is 0.147 e. The van der Waals surface area contributed by atoms with Gasteiger partial charge in [-0.1, -0.05) is 0 Å². The number of carbonyl (C=O) groups excluding carboxylic acids is 1. The first-order valence-electron chi connectivity index (χ1n) is 3.19. The third kappa shape index (κ3) is 1.56. The summed E-state index contributed by atoms with van der Waals surface area (Å²) in [5.41, 5.74) is 0.920. The molecular formula is C7H11NO. The van der Waals surface area contributed by atoms with Crippen molar-refractivity contribution in [1.82, 2.24) is 4.90 Å². The number of hydrogen-bond acceptors (Lipinski definition) is 2. The van der Waals surface area contributed by atoms with Gasteiger partial charge in [0.15, 0.2) is 0 Å². The lowest BCUT2D eigenvalue weighted by atomic mass is 10.1. The van der Waals surface area contributed by atoms with Crippen molar-refractivity contribution in [2.45, 2.75) is 12.8 Å². The van der Waals surface area contributed by atoms with Crippen LogP contribution in [0.5, 0.6) is 0 Å². The van der Waals surface area contributed by atoms with Crippen LogP contribution in [-0.2, 0) is 4.79 Å². The summed E-state index contributed by atoms with van der Waals surface area (Å²) >= 11 is 0. The van der Waals surface area contributed by atoms with Crippen LogP contribution in [0.3, 0.4) is 0 Å². The molecule has 1 aliphatic rings. The lowest BCUT2D eigenvalue weighted by molar-refractivity contribution is -0.105. The zero-order valence-corrected chi connectivity index (χ0v) is 5.63. The number of rotatable bonds is 1. The molecule has 0 unspecified atom stereocenters.